The average molecular weight is 285 g/mol. The molecule has 1 saturated heterocycles. The van der Waals surface area contributed by atoms with Gasteiger partial charge in [-0.3, -0.25) is 4.90 Å². The fourth-order valence-electron chi connectivity index (χ4n) is 2.33. The Bertz CT molecular complexity index is 459. The van der Waals surface area contributed by atoms with Gasteiger partial charge >= 0.3 is 0 Å². The molecule has 3 nitrogen and oxygen atoms in total. The second-order valence-electron chi connectivity index (χ2n) is 5.22. The zero-order valence-electron chi connectivity index (χ0n) is 10.8. The van der Waals surface area contributed by atoms with Gasteiger partial charge in [0, 0.05) is 38.3 Å². The number of hydrogen-bond acceptors (Lipinski definition) is 3. The van der Waals surface area contributed by atoms with Crippen LogP contribution in [0, 0.1) is 5.82 Å². The lowest BCUT2D eigenvalue weighted by atomic mass is 10.1. The highest BCUT2D eigenvalue weighted by Gasteiger charge is 2.26. The summed E-state index contributed by atoms with van der Waals surface area (Å²) in [5.41, 5.74) is 0.860. The van der Waals surface area contributed by atoms with Crippen LogP contribution in [0.3, 0.4) is 0 Å². The van der Waals surface area contributed by atoms with E-state index >= 15 is 0 Å². The second-order valence-corrected chi connectivity index (χ2v) is 5.63. The predicted octanol–water partition coefficient (Wildman–Crippen LogP) is 2.43. The molecule has 0 unspecified atom stereocenters. The largest absolute Gasteiger partial charge is 0.489 e. The molecule has 1 heterocycles. The Morgan fingerprint density at radius 1 is 1.32 bits per heavy atom. The molecule has 0 spiro atoms. The van der Waals surface area contributed by atoms with E-state index in [0.717, 1.165) is 44.6 Å². The molecule has 0 aromatic heterocycles. The van der Waals surface area contributed by atoms with Crippen molar-refractivity contribution in [2.75, 3.05) is 26.2 Å². The Morgan fingerprint density at radius 2 is 2.05 bits per heavy atom. The summed E-state index contributed by atoms with van der Waals surface area (Å²) in [6.45, 7) is 4.58. The molecule has 0 radical (unpaired) electrons. The quantitative estimate of drug-likeness (QED) is 0.919. The summed E-state index contributed by atoms with van der Waals surface area (Å²) in [7, 11) is 0. The highest BCUT2D eigenvalue weighted by Crippen LogP contribution is 2.36. The number of nitrogens with one attached hydrogen (secondary N) is 1. The summed E-state index contributed by atoms with van der Waals surface area (Å²) in [5, 5.41) is 3.69. The van der Waals surface area contributed by atoms with Gasteiger partial charge in [-0.15, -0.1) is 0 Å². The molecule has 1 aromatic rings. The SMILES string of the molecule is Fc1cc(Cl)c(OC2CC2)c(CN2CCNCC2)c1. The Morgan fingerprint density at radius 3 is 2.74 bits per heavy atom. The standard InChI is InChI=1S/C14H18ClFN2O/c15-13-8-11(16)7-10(14(13)19-12-1-2-12)9-18-5-3-17-4-6-18/h7-8,12,17H,1-6,9H2. The number of nitrogens with zero attached hydrogens (tertiary/aromatic N) is 1. The van der Waals surface area contributed by atoms with Crippen molar-refractivity contribution in [1.29, 1.82) is 0 Å². The van der Waals surface area contributed by atoms with Gasteiger partial charge in [-0.05, 0) is 25.0 Å². The van der Waals surface area contributed by atoms with E-state index in [0.29, 0.717) is 17.3 Å². The van der Waals surface area contributed by atoms with Gasteiger partial charge in [0.05, 0.1) is 11.1 Å². The minimum absolute atomic E-state index is 0.268. The molecule has 19 heavy (non-hydrogen) atoms. The number of hydrogen-bond donors (Lipinski definition) is 1. The van der Waals surface area contributed by atoms with E-state index in [2.05, 4.69) is 10.2 Å². The number of benzene rings is 1. The molecule has 104 valence electrons. The minimum Gasteiger partial charge on any atom is -0.489 e. The van der Waals surface area contributed by atoms with Gasteiger partial charge in [0.1, 0.15) is 11.6 Å². The van der Waals surface area contributed by atoms with Crippen LogP contribution < -0.4 is 10.1 Å². The summed E-state index contributed by atoms with van der Waals surface area (Å²) < 4.78 is 19.4. The zero-order chi connectivity index (χ0) is 13.2. The third-order valence-electron chi connectivity index (χ3n) is 3.50. The Hall–Kier alpha value is -0.840. The van der Waals surface area contributed by atoms with Gasteiger partial charge in [-0.2, -0.15) is 0 Å². The Balaban J connectivity index is 1.80. The normalized spacial score (nSPS) is 20.5. The van der Waals surface area contributed by atoms with Crippen molar-refractivity contribution in [3.63, 3.8) is 0 Å². The van der Waals surface area contributed by atoms with Crippen LogP contribution in [0.2, 0.25) is 5.02 Å². The van der Waals surface area contributed by atoms with Crippen LogP contribution in [0.1, 0.15) is 18.4 Å². The number of piperazine rings is 1. The maximum Gasteiger partial charge on any atom is 0.143 e. The molecule has 0 atom stereocenters. The van der Waals surface area contributed by atoms with Crippen molar-refractivity contribution in [3.05, 3.63) is 28.5 Å². The van der Waals surface area contributed by atoms with Gasteiger partial charge in [0.15, 0.2) is 0 Å². The van der Waals surface area contributed by atoms with Crippen molar-refractivity contribution in [3.8, 4) is 5.75 Å². The smallest absolute Gasteiger partial charge is 0.143 e. The van der Waals surface area contributed by atoms with Crippen LogP contribution in [0.4, 0.5) is 4.39 Å². The zero-order valence-corrected chi connectivity index (χ0v) is 11.5. The third kappa shape index (κ3) is 3.38. The van der Waals surface area contributed by atoms with Gasteiger partial charge in [0.25, 0.3) is 0 Å². The van der Waals surface area contributed by atoms with Crippen molar-refractivity contribution in [2.45, 2.75) is 25.5 Å². The lowest BCUT2D eigenvalue weighted by Crippen LogP contribution is -2.42. The van der Waals surface area contributed by atoms with Gasteiger partial charge in [-0.1, -0.05) is 11.6 Å². The van der Waals surface area contributed by atoms with Crippen LogP contribution in [-0.2, 0) is 6.54 Å². The van der Waals surface area contributed by atoms with E-state index in [1.165, 1.54) is 6.07 Å². The second kappa shape index (κ2) is 5.65. The highest BCUT2D eigenvalue weighted by atomic mass is 35.5. The van der Waals surface area contributed by atoms with E-state index < -0.39 is 0 Å². The maximum absolute atomic E-state index is 13.5. The monoisotopic (exact) mass is 284 g/mol. The van der Waals surface area contributed by atoms with Crippen molar-refractivity contribution in [2.24, 2.45) is 0 Å². The third-order valence-corrected chi connectivity index (χ3v) is 3.78. The molecule has 1 aliphatic carbocycles. The van der Waals surface area contributed by atoms with Gasteiger partial charge in [-0.25, -0.2) is 4.39 Å². The number of halogens is 2. The van der Waals surface area contributed by atoms with E-state index in [1.807, 2.05) is 0 Å². The highest BCUT2D eigenvalue weighted by molar-refractivity contribution is 6.32. The molecule has 0 amide bonds. The predicted molar refractivity (Wildman–Crippen MR) is 73.2 cm³/mol. The lowest BCUT2D eigenvalue weighted by Gasteiger charge is -2.28. The molecule has 5 heteroatoms. The van der Waals surface area contributed by atoms with Crippen molar-refractivity contribution < 1.29 is 9.13 Å². The molecule has 2 aliphatic rings. The summed E-state index contributed by atoms with van der Waals surface area (Å²) in [6.07, 6.45) is 2.41. The summed E-state index contributed by atoms with van der Waals surface area (Å²) in [6, 6.07) is 2.88. The lowest BCUT2D eigenvalue weighted by molar-refractivity contribution is 0.225. The molecule has 1 aromatic carbocycles. The first-order valence-electron chi connectivity index (χ1n) is 6.80. The van der Waals surface area contributed by atoms with Crippen molar-refractivity contribution in [1.82, 2.24) is 10.2 Å². The van der Waals surface area contributed by atoms with E-state index in [1.54, 1.807) is 6.07 Å². The summed E-state index contributed by atoms with van der Waals surface area (Å²) in [4.78, 5) is 2.29. The summed E-state index contributed by atoms with van der Waals surface area (Å²) >= 11 is 6.13. The van der Waals surface area contributed by atoms with Crippen LogP contribution >= 0.6 is 11.6 Å². The van der Waals surface area contributed by atoms with E-state index in [-0.39, 0.29) is 11.9 Å². The summed E-state index contributed by atoms with van der Waals surface area (Å²) in [5.74, 6) is 0.377. The van der Waals surface area contributed by atoms with Crippen LogP contribution in [0.15, 0.2) is 12.1 Å². The van der Waals surface area contributed by atoms with Crippen LogP contribution in [-0.4, -0.2) is 37.2 Å². The number of rotatable bonds is 4. The molecule has 1 N–H and O–H groups in total. The van der Waals surface area contributed by atoms with E-state index in [9.17, 15) is 4.39 Å². The Labute approximate surface area is 117 Å². The Kier molecular flexibility index (Phi) is 3.91. The minimum atomic E-state index is -0.293. The molecule has 2 fully saturated rings. The molecule has 1 saturated carbocycles. The first-order valence-corrected chi connectivity index (χ1v) is 7.18. The molecule has 1 aliphatic heterocycles. The van der Waals surface area contributed by atoms with Crippen molar-refractivity contribution >= 4 is 11.6 Å². The molecule has 3 rings (SSSR count). The van der Waals surface area contributed by atoms with Crippen LogP contribution in [0.5, 0.6) is 5.75 Å². The fourth-order valence-corrected chi connectivity index (χ4v) is 2.60. The first-order chi connectivity index (χ1) is 9.22. The van der Waals surface area contributed by atoms with Crippen LogP contribution in [0.25, 0.3) is 0 Å². The van der Waals surface area contributed by atoms with Gasteiger partial charge in [0.2, 0.25) is 0 Å². The molecule has 0 bridgehead atoms. The molecular formula is C14H18ClFN2O. The first kappa shape index (κ1) is 13.2. The topological polar surface area (TPSA) is 24.5 Å². The van der Waals surface area contributed by atoms with E-state index in [4.69, 9.17) is 16.3 Å². The number of ether oxygens (including phenoxy) is 1. The van der Waals surface area contributed by atoms with Gasteiger partial charge < -0.3 is 10.1 Å². The average Bonchev–Trinajstić information content (AvgIpc) is 3.19. The fraction of sp³-hybridized carbons (Fsp3) is 0.571. The molecular weight excluding hydrogens is 267 g/mol. The maximum atomic E-state index is 13.5.